The van der Waals surface area contributed by atoms with Crippen LogP contribution in [0.3, 0.4) is 0 Å². The van der Waals surface area contributed by atoms with E-state index in [-0.39, 0.29) is 0 Å². The molecular formula is C8H20N4. The van der Waals surface area contributed by atoms with Crippen LogP contribution in [-0.4, -0.2) is 26.2 Å². The average Bonchev–Trinajstić information content (AvgIpc) is 2.09. The van der Waals surface area contributed by atoms with Crippen molar-refractivity contribution in [2.75, 3.05) is 26.2 Å². The van der Waals surface area contributed by atoms with E-state index in [4.69, 9.17) is 11.5 Å². The van der Waals surface area contributed by atoms with Crippen molar-refractivity contribution in [3.8, 4) is 0 Å². The maximum absolute atomic E-state index is 5.36. The van der Waals surface area contributed by atoms with Crippen molar-refractivity contribution in [3.05, 3.63) is 12.2 Å². The quantitative estimate of drug-likeness (QED) is 0.223. The first-order valence-electron chi connectivity index (χ1n) is 4.33. The van der Waals surface area contributed by atoms with Crippen molar-refractivity contribution >= 4 is 0 Å². The predicted molar refractivity (Wildman–Crippen MR) is 52.5 cm³/mol. The Morgan fingerprint density at radius 3 is 2.50 bits per heavy atom. The predicted octanol–water partition coefficient (Wildman–Crippen LogP) is -0.666. The van der Waals surface area contributed by atoms with Crippen molar-refractivity contribution in [1.29, 1.82) is 0 Å². The number of hydrogen-bond acceptors (Lipinski definition) is 4. The minimum Gasteiger partial charge on any atom is -0.330 e. The van der Waals surface area contributed by atoms with E-state index >= 15 is 0 Å². The van der Waals surface area contributed by atoms with Crippen LogP contribution in [0.25, 0.3) is 0 Å². The Morgan fingerprint density at radius 1 is 1.17 bits per heavy atom. The van der Waals surface area contributed by atoms with Gasteiger partial charge in [0, 0.05) is 19.6 Å². The molecule has 0 saturated heterocycles. The Hall–Kier alpha value is -0.420. The first-order chi connectivity index (χ1) is 5.81. The molecule has 0 spiro atoms. The Bertz CT molecular complexity index is 114. The van der Waals surface area contributed by atoms with Crippen LogP contribution in [0.1, 0.15) is 12.8 Å². The first-order valence-corrected chi connectivity index (χ1v) is 4.33. The van der Waals surface area contributed by atoms with Gasteiger partial charge in [0.15, 0.2) is 0 Å². The lowest BCUT2D eigenvalue weighted by Gasteiger charge is -2.07. The maximum Gasteiger partial charge on any atom is 0.0307 e. The summed E-state index contributed by atoms with van der Waals surface area (Å²) in [6.07, 6.45) is 2.01. The summed E-state index contributed by atoms with van der Waals surface area (Å²) in [5.74, 6) is 0. The molecule has 0 aliphatic carbocycles. The molecule has 0 aromatic rings. The van der Waals surface area contributed by atoms with Gasteiger partial charge in [0.25, 0.3) is 0 Å². The van der Waals surface area contributed by atoms with E-state index in [1.54, 1.807) is 0 Å². The minimum atomic E-state index is 0.641. The summed E-state index contributed by atoms with van der Waals surface area (Å²) in [6, 6.07) is 0. The van der Waals surface area contributed by atoms with Gasteiger partial charge in [-0.15, -0.1) is 0 Å². The van der Waals surface area contributed by atoms with Crippen molar-refractivity contribution < 1.29 is 0 Å². The zero-order valence-corrected chi connectivity index (χ0v) is 7.60. The van der Waals surface area contributed by atoms with Gasteiger partial charge in [0.1, 0.15) is 0 Å². The number of nitrogens with one attached hydrogen (secondary N) is 2. The van der Waals surface area contributed by atoms with Crippen LogP contribution >= 0.6 is 0 Å². The van der Waals surface area contributed by atoms with Crippen molar-refractivity contribution in [2.24, 2.45) is 11.5 Å². The largest absolute Gasteiger partial charge is 0.330 e. The highest BCUT2D eigenvalue weighted by molar-refractivity contribution is 4.95. The summed E-state index contributed by atoms with van der Waals surface area (Å²) in [7, 11) is 0. The van der Waals surface area contributed by atoms with E-state index in [1.165, 1.54) is 5.57 Å². The Morgan fingerprint density at radius 2 is 1.92 bits per heavy atom. The molecule has 0 unspecified atom stereocenters. The zero-order valence-electron chi connectivity index (χ0n) is 7.60. The third-order valence-electron chi connectivity index (χ3n) is 1.47. The maximum atomic E-state index is 5.36. The van der Waals surface area contributed by atoms with Crippen LogP contribution in [0.5, 0.6) is 0 Å². The molecule has 0 bridgehead atoms. The van der Waals surface area contributed by atoms with Gasteiger partial charge in [0.05, 0.1) is 0 Å². The van der Waals surface area contributed by atoms with Gasteiger partial charge >= 0.3 is 0 Å². The lowest BCUT2D eigenvalue weighted by atomic mass is 10.2. The van der Waals surface area contributed by atoms with E-state index in [1.807, 2.05) is 0 Å². The molecule has 72 valence electrons. The van der Waals surface area contributed by atoms with E-state index in [0.29, 0.717) is 6.54 Å². The van der Waals surface area contributed by atoms with Gasteiger partial charge in [-0.3, -0.25) is 10.9 Å². The van der Waals surface area contributed by atoms with Crippen LogP contribution in [0.2, 0.25) is 0 Å². The number of hydrogen-bond donors (Lipinski definition) is 4. The number of nitrogens with two attached hydrogens (primary N) is 2. The molecule has 0 radical (unpaired) electrons. The van der Waals surface area contributed by atoms with Crippen molar-refractivity contribution in [3.63, 3.8) is 0 Å². The third-order valence-corrected chi connectivity index (χ3v) is 1.47. The molecule has 0 heterocycles. The standard InChI is InChI=1S/C8H20N4/c1-8(3-2-4-9)7-12-11-6-5-10/h11-12H,1-7,9-10H2. The van der Waals surface area contributed by atoms with Crippen LogP contribution in [-0.2, 0) is 0 Å². The second-order valence-electron chi connectivity index (χ2n) is 2.71. The molecule has 0 amide bonds. The molecular weight excluding hydrogens is 152 g/mol. The average molecular weight is 172 g/mol. The fraction of sp³-hybridized carbons (Fsp3) is 0.750. The number of rotatable bonds is 8. The molecule has 4 heteroatoms. The van der Waals surface area contributed by atoms with Gasteiger partial charge in [-0.25, -0.2) is 0 Å². The van der Waals surface area contributed by atoms with Crippen LogP contribution < -0.4 is 22.3 Å². The Kier molecular flexibility index (Phi) is 8.37. The highest BCUT2D eigenvalue weighted by Crippen LogP contribution is 1.97. The third kappa shape index (κ3) is 7.68. The molecule has 6 N–H and O–H groups in total. The molecule has 0 aliphatic heterocycles. The smallest absolute Gasteiger partial charge is 0.0307 e. The van der Waals surface area contributed by atoms with Crippen molar-refractivity contribution in [2.45, 2.75) is 12.8 Å². The first kappa shape index (κ1) is 11.6. The van der Waals surface area contributed by atoms with Crippen LogP contribution in [0.15, 0.2) is 12.2 Å². The molecule has 0 atom stereocenters. The molecule has 0 aromatic heterocycles. The minimum absolute atomic E-state index is 0.641. The van der Waals surface area contributed by atoms with Gasteiger partial charge in [-0.2, -0.15) is 0 Å². The van der Waals surface area contributed by atoms with Crippen LogP contribution in [0, 0.1) is 0 Å². The summed E-state index contributed by atoms with van der Waals surface area (Å²) in [6.45, 7) is 6.85. The lowest BCUT2D eigenvalue weighted by molar-refractivity contribution is 0.559. The fourth-order valence-electron chi connectivity index (χ4n) is 0.789. The monoisotopic (exact) mass is 172 g/mol. The second kappa shape index (κ2) is 8.67. The molecule has 0 aromatic carbocycles. The van der Waals surface area contributed by atoms with E-state index in [9.17, 15) is 0 Å². The lowest BCUT2D eigenvalue weighted by Crippen LogP contribution is -2.36. The van der Waals surface area contributed by atoms with E-state index < -0.39 is 0 Å². The van der Waals surface area contributed by atoms with Gasteiger partial charge in [-0.1, -0.05) is 12.2 Å². The summed E-state index contributed by atoms with van der Waals surface area (Å²) >= 11 is 0. The summed E-state index contributed by atoms with van der Waals surface area (Å²) in [5.41, 5.74) is 17.8. The normalized spacial score (nSPS) is 10.2. The molecule has 12 heavy (non-hydrogen) atoms. The Labute approximate surface area is 74.4 Å². The van der Waals surface area contributed by atoms with E-state index in [2.05, 4.69) is 17.4 Å². The highest BCUT2D eigenvalue weighted by Gasteiger charge is 1.92. The molecule has 0 aliphatic rings. The van der Waals surface area contributed by atoms with Crippen LogP contribution in [0.4, 0.5) is 0 Å². The summed E-state index contributed by atoms with van der Waals surface area (Å²) in [5, 5.41) is 0. The summed E-state index contributed by atoms with van der Waals surface area (Å²) < 4.78 is 0. The van der Waals surface area contributed by atoms with Gasteiger partial charge < -0.3 is 11.5 Å². The second-order valence-corrected chi connectivity index (χ2v) is 2.71. The number of hydrazine groups is 1. The SMILES string of the molecule is C=C(CCCN)CNNCCN. The van der Waals surface area contributed by atoms with Gasteiger partial charge in [-0.05, 0) is 19.4 Å². The van der Waals surface area contributed by atoms with E-state index in [0.717, 1.165) is 32.5 Å². The zero-order chi connectivity index (χ0) is 9.23. The molecule has 4 nitrogen and oxygen atoms in total. The molecule has 0 rings (SSSR count). The summed E-state index contributed by atoms with van der Waals surface area (Å²) in [4.78, 5) is 0. The Balaban J connectivity index is 3.08. The topological polar surface area (TPSA) is 76.1 Å². The molecule has 0 saturated carbocycles. The van der Waals surface area contributed by atoms with Crippen molar-refractivity contribution in [1.82, 2.24) is 10.9 Å². The highest BCUT2D eigenvalue weighted by atomic mass is 15.3. The van der Waals surface area contributed by atoms with Gasteiger partial charge in [0.2, 0.25) is 0 Å². The fourth-order valence-corrected chi connectivity index (χ4v) is 0.789. The molecule has 0 fully saturated rings.